The molecule has 3 nitrogen and oxygen atoms in total. The second-order valence-electron chi connectivity index (χ2n) is 4.43. The van der Waals surface area contributed by atoms with Crippen molar-refractivity contribution in [1.82, 2.24) is 14.5 Å². The Balaban J connectivity index is 2.34. The Bertz CT molecular complexity index is 746. The van der Waals surface area contributed by atoms with E-state index >= 15 is 0 Å². The van der Waals surface area contributed by atoms with Crippen molar-refractivity contribution in [3.8, 4) is 11.1 Å². The quantitative estimate of drug-likeness (QED) is 0.703. The maximum absolute atomic E-state index is 6.20. The van der Waals surface area contributed by atoms with E-state index in [1.807, 2.05) is 29.7 Å². The molecule has 0 saturated heterocycles. The Morgan fingerprint density at radius 3 is 2.68 bits per heavy atom. The van der Waals surface area contributed by atoms with Crippen molar-refractivity contribution in [2.45, 2.75) is 20.4 Å². The highest BCUT2D eigenvalue weighted by molar-refractivity contribution is 6.29. The first-order chi connectivity index (χ1) is 9.22. The van der Waals surface area contributed by atoms with E-state index in [0.29, 0.717) is 5.28 Å². The lowest BCUT2D eigenvalue weighted by Gasteiger charge is -2.06. The zero-order valence-electron chi connectivity index (χ0n) is 10.9. The SMILES string of the molecule is CCn1c(Cl)nc2c(-c3cccnc3C)cccc21. The standard InChI is InChI=1S/C15H14ClN3/c1-3-19-13-8-4-6-12(14(13)18-15(19)16)11-7-5-9-17-10(11)2/h4-9H,3H2,1-2H3. The van der Waals surface area contributed by atoms with Crippen molar-refractivity contribution in [3.63, 3.8) is 0 Å². The molecule has 0 aliphatic carbocycles. The number of hydrogen-bond acceptors (Lipinski definition) is 2. The Kier molecular flexibility index (Phi) is 2.99. The van der Waals surface area contributed by atoms with Crippen LogP contribution in [-0.4, -0.2) is 14.5 Å². The fourth-order valence-corrected chi connectivity index (χ4v) is 2.70. The molecule has 0 atom stereocenters. The number of pyridine rings is 1. The third-order valence-electron chi connectivity index (χ3n) is 3.35. The molecule has 0 aliphatic rings. The number of fused-ring (bicyclic) bond motifs is 1. The van der Waals surface area contributed by atoms with Gasteiger partial charge in [-0.05, 0) is 37.6 Å². The van der Waals surface area contributed by atoms with Crippen LogP contribution < -0.4 is 0 Å². The molecule has 3 aromatic rings. The summed E-state index contributed by atoms with van der Waals surface area (Å²) in [6, 6.07) is 10.2. The number of nitrogens with zero attached hydrogens (tertiary/aromatic N) is 3. The van der Waals surface area contributed by atoms with Gasteiger partial charge < -0.3 is 4.57 Å². The molecule has 0 saturated carbocycles. The summed E-state index contributed by atoms with van der Waals surface area (Å²) >= 11 is 6.20. The van der Waals surface area contributed by atoms with Crippen molar-refractivity contribution in [2.24, 2.45) is 0 Å². The summed E-state index contributed by atoms with van der Waals surface area (Å²) < 4.78 is 2.01. The van der Waals surface area contributed by atoms with Crippen molar-refractivity contribution in [1.29, 1.82) is 0 Å². The summed E-state index contributed by atoms with van der Waals surface area (Å²) in [6.45, 7) is 4.88. The number of para-hydroxylation sites is 1. The van der Waals surface area contributed by atoms with E-state index in [9.17, 15) is 0 Å². The summed E-state index contributed by atoms with van der Waals surface area (Å²) in [7, 11) is 0. The molecule has 0 radical (unpaired) electrons. The van der Waals surface area contributed by atoms with E-state index in [1.165, 1.54) is 0 Å². The molecular weight excluding hydrogens is 258 g/mol. The van der Waals surface area contributed by atoms with Gasteiger partial charge in [-0.3, -0.25) is 4.98 Å². The molecule has 1 aromatic carbocycles. The fraction of sp³-hybridized carbons (Fsp3) is 0.200. The topological polar surface area (TPSA) is 30.7 Å². The first kappa shape index (κ1) is 12.2. The average Bonchev–Trinajstić information content (AvgIpc) is 2.74. The van der Waals surface area contributed by atoms with Gasteiger partial charge in [-0.25, -0.2) is 4.98 Å². The van der Waals surface area contributed by atoms with Gasteiger partial charge in [0.2, 0.25) is 5.28 Å². The Hall–Kier alpha value is -1.87. The van der Waals surface area contributed by atoms with Crippen molar-refractivity contribution in [2.75, 3.05) is 0 Å². The van der Waals surface area contributed by atoms with Gasteiger partial charge in [-0.15, -0.1) is 0 Å². The second-order valence-corrected chi connectivity index (χ2v) is 4.77. The van der Waals surface area contributed by atoms with Crippen LogP contribution in [0.1, 0.15) is 12.6 Å². The second kappa shape index (κ2) is 4.67. The minimum atomic E-state index is 0.534. The van der Waals surface area contributed by atoms with Gasteiger partial charge in [0.25, 0.3) is 0 Å². The molecule has 0 amide bonds. The van der Waals surface area contributed by atoms with Gasteiger partial charge in [0.1, 0.15) is 0 Å². The minimum Gasteiger partial charge on any atom is -0.315 e. The molecule has 19 heavy (non-hydrogen) atoms. The van der Waals surface area contributed by atoms with Crippen LogP contribution in [0.25, 0.3) is 22.2 Å². The number of aryl methyl sites for hydroxylation is 2. The summed E-state index contributed by atoms with van der Waals surface area (Å²) in [4.78, 5) is 8.85. The van der Waals surface area contributed by atoms with Crippen molar-refractivity contribution >= 4 is 22.6 Å². The Morgan fingerprint density at radius 2 is 1.95 bits per heavy atom. The molecule has 3 rings (SSSR count). The summed E-state index contributed by atoms with van der Waals surface area (Å²) in [5, 5.41) is 0.534. The third kappa shape index (κ3) is 1.90. The van der Waals surface area contributed by atoms with Crippen LogP contribution >= 0.6 is 11.6 Å². The zero-order valence-corrected chi connectivity index (χ0v) is 11.6. The lowest BCUT2D eigenvalue weighted by atomic mass is 10.0. The van der Waals surface area contributed by atoms with Crippen LogP contribution in [0.4, 0.5) is 0 Å². The predicted octanol–water partition coefficient (Wildman–Crippen LogP) is 4.08. The smallest absolute Gasteiger partial charge is 0.203 e. The normalized spacial score (nSPS) is 11.1. The van der Waals surface area contributed by atoms with Gasteiger partial charge >= 0.3 is 0 Å². The molecule has 0 N–H and O–H groups in total. The molecule has 0 aliphatic heterocycles. The lowest BCUT2D eigenvalue weighted by Crippen LogP contribution is -1.93. The molecule has 0 unspecified atom stereocenters. The highest BCUT2D eigenvalue weighted by atomic mass is 35.5. The van der Waals surface area contributed by atoms with E-state index < -0.39 is 0 Å². The first-order valence-corrected chi connectivity index (χ1v) is 6.67. The van der Waals surface area contributed by atoms with Gasteiger partial charge in [0.05, 0.1) is 11.0 Å². The van der Waals surface area contributed by atoms with Gasteiger partial charge in [0.15, 0.2) is 0 Å². The van der Waals surface area contributed by atoms with Crippen LogP contribution in [0.3, 0.4) is 0 Å². The fourth-order valence-electron chi connectivity index (χ4n) is 2.41. The number of rotatable bonds is 2. The molecule has 0 bridgehead atoms. The van der Waals surface area contributed by atoms with E-state index in [2.05, 4.69) is 29.0 Å². The van der Waals surface area contributed by atoms with Crippen LogP contribution in [-0.2, 0) is 6.54 Å². The highest BCUT2D eigenvalue weighted by Crippen LogP contribution is 2.31. The molecule has 0 spiro atoms. The molecule has 2 heterocycles. The summed E-state index contributed by atoms with van der Waals surface area (Å²) in [6.07, 6.45) is 1.80. The van der Waals surface area contributed by atoms with E-state index in [-0.39, 0.29) is 0 Å². The van der Waals surface area contributed by atoms with Crippen molar-refractivity contribution < 1.29 is 0 Å². The Morgan fingerprint density at radius 1 is 1.16 bits per heavy atom. The van der Waals surface area contributed by atoms with Gasteiger partial charge in [-0.2, -0.15) is 0 Å². The summed E-state index contributed by atoms with van der Waals surface area (Å²) in [5.41, 5.74) is 5.18. The maximum atomic E-state index is 6.20. The van der Waals surface area contributed by atoms with E-state index in [1.54, 1.807) is 6.20 Å². The van der Waals surface area contributed by atoms with Crippen LogP contribution in [0.15, 0.2) is 36.5 Å². The largest absolute Gasteiger partial charge is 0.315 e. The van der Waals surface area contributed by atoms with E-state index in [0.717, 1.165) is 34.4 Å². The summed E-state index contributed by atoms with van der Waals surface area (Å²) in [5.74, 6) is 0. The highest BCUT2D eigenvalue weighted by Gasteiger charge is 2.13. The van der Waals surface area contributed by atoms with Crippen LogP contribution in [0.2, 0.25) is 5.28 Å². The maximum Gasteiger partial charge on any atom is 0.203 e. The van der Waals surface area contributed by atoms with Crippen LogP contribution in [0, 0.1) is 6.92 Å². The number of halogens is 1. The predicted molar refractivity (Wildman–Crippen MR) is 78.4 cm³/mol. The number of benzene rings is 1. The monoisotopic (exact) mass is 271 g/mol. The molecular formula is C15H14ClN3. The number of aromatic nitrogens is 3. The molecule has 96 valence electrons. The first-order valence-electron chi connectivity index (χ1n) is 6.29. The van der Waals surface area contributed by atoms with Gasteiger partial charge in [-0.1, -0.05) is 18.2 Å². The molecule has 2 aromatic heterocycles. The molecule has 0 fully saturated rings. The van der Waals surface area contributed by atoms with Crippen LogP contribution in [0.5, 0.6) is 0 Å². The third-order valence-corrected chi connectivity index (χ3v) is 3.63. The van der Waals surface area contributed by atoms with Gasteiger partial charge in [0, 0.05) is 29.6 Å². The number of hydrogen-bond donors (Lipinski definition) is 0. The Labute approximate surface area is 116 Å². The number of imidazole rings is 1. The van der Waals surface area contributed by atoms with E-state index in [4.69, 9.17) is 11.6 Å². The lowest BCUT2D eigenvalue weighted by molar-refractivity contribution is 0.788. The average molecular weight is 272 g/mol. The zero-order chi connectivity index (χ0) is 13.4. The molecule has 4 heteroatoms. The van der Waals surface area contributed by atoms with Crippen molar-refractivity contribution in [3.05, 3.63) is 47.5 Å². The minimum absolute atomic E-state index is 0.534.